The van der Waals surface area contributed by atoms with Gasteiger partial charge in [-0.3, -0.25) is 4.79 Å². The van der Waals surface area contributed by atoms with E-state index in [0.29, 0.717) is 11.3 Å². The zero-order valence-electron chi connectivity index (χ0n) is 11.5. The van der Waals surface area contributed by atoms with Gasteiger partial charge in [-0.1, -0.05) is 13.0 Å². The molecule has 6 heteroatoms. The van der Waals surface area contributed by atoms with Crippen LogP contribution in [0.25, 0.3) is 9.88 Å². The molecule has 0 aliphatic heterocycles. The minimum atomic E-state index is -0.376. The van der Waals surface area contributed by atoms with Gasteiger partial charge >= 0.3 is 0 Å². The first-order valence-corrected chi connectivity index (χ1v) is 8.20. The topological polar surface area (TPSA) is 62.2 Å². The number of hydrogen-bond donors (Lipinski definition) is 2. The van der Waals surface area contributed by atoms with Crippen LogP contribution in [-0.2, 0) is 0 Å². The number of aliphatic hydroxyl groups excluding tert-OH is 1. The van der Waals surface area contributed by atoms with E-state index in [1.165, 1.54) is 11.3 Å². The van der Waals surface area contributed by atoms with Crippen molar-refractivity contribution in [3.63, 3.8) is 0 Å². The minimum absolute atomic E-state index is 0.0632. The summed E-state index contributed by atoms with van der Waals surface area (Å²) in [5, 5.41) is 14.9. The third kappa shape index (κ3) is 3.45. The number of aromatic nitrogens is 1. The van der Waals surface area contributed by atoms with Gasteiger partial charge < -0.3 is 10.4 Å². The third-order valence-electron chi connectivity index (χ3n) is 3.32. The van der Waals surface area contributed by atoms with Crippen molar-refractivity contribution >= 4 is 28.6 Å². The van der Waals surface area contributed by atoms with Crippen LogP contribution in [0.4, 0.5) is 0 Å². The van der Waals surface area contributed by atoms with Crippen molar-refractivity contribution in [2.45, 2.75) is 32.2 Å². The van der Waals surface area contributed by atoms with Crippen molar-refractivity contribution in [3.8, 4) is 9.88 Å². The molecule has 0 aliphatic rings. The molecule has 0 bridgehead atoms. The average molecular weight is 310 g/mol. The zero-order valence-corrected chi connectivity index (χ0v) is 13.2. The van der Waals surface area contributed by atoms with Crippen LogP contribution in [0.15, 0.2) is 23.7 Å². The summed E-state index contributed by atoms with van der Waals surface area (Å²) >= 11 is 3.00. The van der Waals surface area contributed by atoms with E-state index in [-0.39, 0.29) is 18.1 Å². The number of nitrogens with zero attached hydrogens (tertiary/aromatic N) is 1. The van der Waals surface area contributed by atoms with Crippen molar-refractivity contribution in [2.24, 2.45) is 0 Å². The largest absolute Gasteiger partial charge is 0.396 e. The molecular formula is C14H18N2O2S2. The summed E-state index contributed by atoms with van der Waals surface area (Å²) in [6.07, 6.45) is 2.94. The SMILES string of the molecule is CCC(C)(CCO)NC(=O)c1cnc(-c2cccs2)s1. The number of aliphatic hydroxyl groups is 1. The lowest BCUT2D eigenvalue weighted by Gasteiger charge is -2.28. The molecule has 0 spiro atoms. The van der Waals surface area contributed by atoms with Gasteiger partial charge in [-0.15, -0.1) is 22.7 Å². The highest BCUT2D eigenvalue weighted by Gasteiger charge is 2.25. The summed E-state index contributed by atoms with van der Waals surface area (Å²) in [5.41, 5.74) is -0.376. The van der Waals surface area contributed by atoms with Gasteiger partial charge in [0, 0.05) is 12.1 Å². The third-order valence-corrected chi connectivity index (χ3v) is 5.36. The van der Waals surface area contributed by atoms with E-state index >= 15 is 0 Å². The van der Waals surface area contributed by atoms with Gasteiger partial charge in [0.2, 0.25) is 0 Å². The molecule has 108 valence electrons. The average Bonchev–Trinajstić information content (AvgIpc) is 3.09. The Labute approximate surface area is 126 Å². The summed E-state index contributed by atoms with van der Waals surface area (Å²) in [7, 11) is 0. The van der Waals surface area contributed by atoms with E-state index in [1.54, 1.807) is 17.5 Å². The van der Waals surface area contributed by atoms with Crippen LogP contribution >= 0.6 is 22.7 Å². The maximum Gasteiger partial charge on any atom is 0.263 e. The number of thiophene rings is 1. The quantitative estimate of drug-likeness (QED) is 0.861. The molecule has 0 aromatic carbocycles. The zero-order chi connectivity index (χ0) is 14.6. The van der Waals surface area contributed by atoms with Gasteiger partial charge in [0.25, 0.3) is 5.91 Å². The molecule has 2 aromatic heterocycles. The van der Waals surface area contributed by atoms with Crippen molar-refractivity contribution in [1.29, 1.82) is 0 Å². The molecule has 20 heavy (non-hydrogen) atoms. The molecule has 0 saturated heterocycles. The fourth-order valence-electron chi connectivity index (χ4n) is 1.80. The second-order valence-electron chi connectivity index (χ2n) is 4.85. The summed E-state index contributed by atoms with van der Waals surface area (Å²) in [6, 6.07) is 3.96. The Morgan fingerprint density at radius 1 is 1.55 bits per heavy atom. The maximum absolute atomic E-state index is 12.3. The molecule has 1 amide bonds. The van der Waals surface area contributed by atoms with E-state index < -0.39 is 0 Å². The summed E-state index contributed by atoms with van der Waals surface area (Å²) in [6.45, 7) is 4.01. The Morgan fingerprint density at radius 3 is 2.95 bits per heavy atom. The van der Waals surface area contributed by atoms with Gasteiger partial charge in [-0.05, 0) is 31.2 Å². The summed E-state index contributed by atoms with van der Waals surface area (Å²) < 4.78 is 0. The predicted molar refractivity (Wildman–Crippen MR) is 83.3 cm³/mol. The predicted octanol–water partition coefficient (Wildman–Crippen LogP) is 3.15. The number of carbonyl (C=O) groups is 1. The van der Waals surface area contributed by atoms with Gasteiger partial charge in [-0.25, -0.2) is 4.98 Å². The number of amides is 1. The van der Waals surface area contributed by atoms with Crippen LogP contribution in [0, 0.1) is 0 Å². The molecule has 0 aliphatic carbocycles. The van der Waals surface area contributed by atoms with E-state index in [9.17, 15) is 4.79 Å². The lowest BCUT2D eigenvalue weighted by molar-refractivity contribution is 0.0890. The molecule has 2 heterocycles. The Hall–Kier alpha value is -1.24. The normalized spacial score (nSPS) is 13.9. The van der Waals surface area contributed by atoms with E-state index in [4.69, 9.17) is 5.11 Å². The fraction of sp³-hybridized carbons (Fsp3) is 0.429. The number of rotatable bonds is 6. The Kier molecular flexibility index (Phi) is 4.91. The van der Waals surface area contributed by atoms with Crippen LogP contribution in [0.3, 0.4) is 0 Å². The van der Waals surface area contributed by atoms with Crippen molar-refractivity contribution in [1.82, 2.24) is 10.3 Å². The highest BCUT2D eigenvalue weighted by Crippen LogP contribution is 2.29. The molecule has 0 fully saturated rings. The molecule has 4 nitrogen and oxygen atoms in total. The lowest BCUT2D eigenvalue weighted by Crippen LogP contribution is -2.45. The molecule has 0 radical (unpaired) electrons. The molecule has 2 rings (SSSR count). The van der Waals surface area contributed by atoms with Gasteiger partial charge in [0.05, 0.1) is 11.1 Å². The lowest BCUT2D eigenvalue weighted by atomic mass is 9.95. The standard InChI is InChI=1S/C14H18N2O2S2/c1-3-14(2,6-7-17)16-12(18)11-9-15-13(20-11)10-5-4-8-19-10/h4-5,8-9,17H,3,6-7H2,1-2H3,(H,16,18). The van der Waals surface area contributed by atoms with Crippen LogP contribution in [0.1, 0.15) is 36.4 Å². The fourth-order valence-corrected chi connectivity index (χ4v) is 3.42. The van der Waals surface area contributed by atoms with Crippen molar-refractivity contribution in [3.05, 3.63) is 28.6 Å². The Balaban J connectivity index is 2.10. The Morgan fingerprint density at radius 2 is 2.35 bits per heavy atom. The summed E-state index contributed by atoms with van der Waals surface area (Å²) in [4.78, 5) is 18.2. The van der Waals surface area contributed by atoms with Crippen LogP contribution in [0.2, 0.25) is 0 Å². The molecule has 1 atom stereocenters. The molecule has 2 aromatic rings. The van der Waals surface area contributed by atoms with Gasteiger partial charge in [-0.2, -0.15) is 0 Å². The Bertz CT molecular complexity index is 566. The smallest absolute Gasteiger partial charge is 0.263 e. The minimum Gasteiger partial charge on any atom is -0.396 e. The second kappa shape index (κ2) is 6.47. The van der Waals surface area contributed by atoms with Crippen LogP contribution in [0.5, 0.6) is 0 Å². The first-order chi connectivity index (χ1) is 9.58. The molecule has 1 unspecified atom stereocenters. The summed E-state index contributed by atoms with van der Waals surface area (Å²) in [5.74, 6) is -0.122. The van der Waals surface area contributed by atoms with Crippen LogP contribution < -0.4 is 5.32 Å². The monoisotopic (exact) mass is 310 g/mol. The second-order valence-corrected chi connectivity index (χ2v) is 6.83. The number of thiazole rings is 1. The van der Waals surface area contributed by atoms with E-state index in [0.717, 1.165) is 16.3 Å². The number of carbonyl (C=O) groups excluding carboxylic acids is 1. The highest BCUT2D eigenvalue weighted by atomic mass is 32.1. The van der Waals surface area contributed by atoms with Crippen molar-refractivity contribution in [2.75, 3.05) is 6.61 Å². The van der Waals surface area contributed by atoms with E-state index in [1.807, 2.05) is 31.4 Å². The molecule has 0 saturated carbocycles. The molecular weight excluding hydrogens is 292 g/mol. The first kappa shape index (κ1) is 15.2. The van der Waals surface area contributed by atoms with Gasteiger partial charge in [0.1, 0.15) is 9.88 Å². The van der Waals surface area contributed by atoms with Gasteiger partial charge in [0.15, 0.2) is 0 Å². The van der Waals surface area contributed by atoms with E-state index in [2.05, 4.69) is 10.3 Å². The molecule has 2 N–H and O–H groups in total. The number of hydrogen-bond acceptors (Lipinski definition) is 5. The highest BCUT2D eigenvalue weighted by molar-refractivity contribution is 7.21. The van der Waals surface area contributed by atoms with Crippen molar-refractivity contribution < 1.29 is 9.90 Å². The maximum atomic E-state index is 12.3. The van der Waals surface area contributed by atoms with Crippen LogP contribution in [-0.4, -0.2) is 28.1 Å². The number of nitrogens with one attached hydrogen (secondary N) is 1. The first-order valence-electron chi connectivity index (χ1n) is 6.51.